The minimum absolute atomic E-state index is 0.118. The van der Waals surface area contributed by atoms with Crippen LogP contribution in [0.4, 0.5) is 5.69 Å². The average molecular weight is 262 g/mol. The Labute approximate surface area is 114 Å². The first-order chi connectivity index (χ1) is 9.15. The summed E-state index contributed by atoms with van der Waals surface area (Å²) < 4.78 is 0. The topological polar surface area (TPSA) is 71.2 Å². The number of nitrogen functional groups attached to an aromatic ring is 1. The predicted octanol–water partition coefficient (Wildman–Crippen LogP) is 1.13. The molecule has 1 amide bonds. The molecule has 3 N–H and O–H groups in total. The zero-order chi connectivity index (χ0) is 13.7. The van der Waals surface area contributed by atoms with Crippen molar-refractivity contribution < 1.29 is 4.79 Å². The Morgan fingerprint density at radius 1 is 1.47 bits per heavy atom. The highest BCUT2D eigenvalue weighted by atomic mass is 16.1. The first kappa shape index (κ1) is 13.8. The molecule has 19 heavy (non-hydrogen) atoms. The fourth-order valence-electron chi connectivity index (χ4n) is 2.37. The second-order valence-corrected chi connectivity index (χ2v) is 5.27. The molecular weight excluding hydrogens is 240 g/mol. The Balaban J connectivity index is 1.70. The van der Waals surface area contributed by atoms with Crippen LogP contribution in [0.1, 0.15) is 29.8 Å². The van der Waals surface area contributed by atoms with Crippen molar-refractivity contribution in [2.75, 3.05) is 32.4 Å². The summed E-state index contributed by atoms with van der Waals surface area (Å²) in [5, 5.41) is 2.92. The normalized spacial score (nSPS) is 17.3. The molecule has 0 aliphatic carbocycles. The van der Waals surface area contributed by atoms with Gasteiger partial charge in [-0.1, -0.05) is 0 Å². The number of amides is 1. The Morgan fingerprint density at radius 2 is 2.21 bits per heavy atom. The number of hydrogen-bond donors (Lipinski definition) is 2. The van der Waals surface area contributed by atoms with E-state index < -0.39 is 0 Å². The number of nitrogens with two attached hydrogens (primary N) is 1. The number of pyridine rings is 1. The second kappa shape index (κ2) is 6.52. The van der Waals surface area contributed by atoms with Crippen LogP contribution in [0.3, 0.4) is 0 Å². The van der Waals surface area contributed by atoms with Gasteiger partial charge in [-0.3, -0.25) is 4.79 Å². The summed E-state index contributed by atoms with van der Waals surface area (Å²) in [7, 11) is 2.16. The summed E-state index contributed by atoms with van der Waals surface area (Å²) in [6, 6.07) is 3.35. The number of piperidine rings is 1. The van der Waals surface area contributed by atoms with Gasteiger partial charge in [0.25, 0.3) is 5.91 Å². The SMILES string of the molecule is CN1CCC(CCNC(=O)c2ccc(N)cn2)CC1. The molecule has 1 aliphatic heterocycles. The lowest BCUT2D eigenvalue weighted by atomic mass is 9.94. The summed E-state index contributed by atoms with van der Waals surface area (Å²) >= 11 is 0. The van der Waals surface area contributed by atoms with Crippen molar-refractivity contribution in [3.05, 3.63) is 24.0 Å². The number of hydrogen-bond acceptors (Lipinski definition) is 4. The molecule has 1 fully saturated rings. The number of carbonyl (C=O) groups excluding carboxylic acids is 1. The fraction of sp³-hybridized carbons (Fsp3) is 0.571. The van der Waals surface area contributed by atoms with Gasteiger partial charge in [-0.05, 0) is 57.5 Å². The Kier molecular flexibility index (Phi) is 4.74. The minimum atomic E-state index is -0.118. The van der Waals surface area contributed by atoms with Crippen LogP contribution >= 0.6 is 0 Å². The van der Waals surface area contributed by atoms with Crippen LogP contribution < -0.4 is 11.1 Å². The average Bonchev–Trinajstić information content (AvgIpc) is 2.41. The number of likely N-dealkylation sites (tertiary alicyclic amines) is 1. The van der Waals surface area contributed by atoms with Gasteiger partial charge in [0.15, 0.2) is 0 Å². The Morgan fingerprint density at radius 3 is 2.84 bits per heavy atom. The second-order valence-electron chi connectivity index (χ2n) is 5.27. The molecule has 2 heterocycles. The maximum atomic E-state index is 11.8. The van der Waals surface area contributed by atoms with E-state index in [4.69, 9.17) is 5.73 Å². The third kappa shape index (κ3) is 4.21. The number of carbonyl (C=O) groups is 1. The van der Waals surface area contributed by atoms with E-state index in [0.29, 0.717) is 11.4 Å². The number of aromatic nitrogens is 1. The van der Waals surface area contributed by atoms with Crippen molar-refractivity contribution in [1.82, 2.24) is 15.2 Å². The van der Waals surface area contributed by atoms with Crippen LogP contribution in [-0.2, 0) is 0 Å². The zero-order valence-electron chi connectivity index (χ0n) is 11.4. The zero-order valence-corrected chi connectivity index (χ0v) is 11.4. The van der Waals surface area contributed by atoms with Gasteiger partial charge in [0.05, 0.1) is 11.9 Å². The van der Waals surface area contributed by atoms with Crippen LogP contribution in [0, 0.1) is 5.92 Å². The highest BCUT2D eigenvalue weighted by molar-refractivity contribution is 5.92. The summed E-state index contributed by atoms with van der Waals surface area (Å²) in [6.07, 6.45) is 5.01. The molecule has 104 valence electrons. The van der Waals surface area contributed by atoms with Crippen molar-refractivity contribution in [2.45, 2.75) is 19.3 Å². The highest BCUT2D eigenvalue weighted by Crippen LogP contribution is 2.18. The van der Waals surface area contributed by atoms with Crippen LogP contribution in [0.5, 0.6) is 0 Å². The maximum absolute atomic E-state index is 11.8. The van der Waals surface area contributed by atoms with E-state index in [2.05, 4.69) is 22.2 Å². The molecule has 2 rings (SSSR count). The molecule has 5 nitrogen and oxygen atoms in total. The van der Waals surface area contributed by atoms with E-state index in [1.165, 1.54) is 19.0 Å². The van der Waals surface area contributed by atoms with Crippen LogP contribution in [0.2, 0.25) is 0 Å². The van der Waals surface area contributed by atoms with Gasteiger partial charge in [-0.25, -0.2) is 4.98 Å². The van der Waals surface area contributed by atoms with Crippen molar-refractivity contribution in [3.8, 4) is 0 Å². The molecule has 0 unspecified atom stereocenters. The minimum Gasteiger partial charge on any atom is -0.397 e. The molecule has 0 saturated carbocycles. The number of nitrogens with zero attached hydrogens (tertiary/aromatic N) is 2. The van der Waals surface area contributed by atoms with Crippen molar-refractivity contribution in [3.63, 3.8) is 0 Å². The van der Waals surface area contributed by atoms with E-state index in [1.807, 2.05) is 0 Å². The monoisotopic (exact) mass is 262 g/mol. The van der Waals surface area contributed by atoms with Gasteiger partial charge < -0.3 is 16.0 Å². The third-order valence-electron chi connectivity index (χ3n) is 3.70. The van der Waals surface area contributed by atoms with Gasteiger partial charge in [0, 0.05) is 6.54 Å². The molecule has 5 heteroatoms. The number of nitrogens with one attached hydrogen (secondary N) is 1. The smallest absolute Gasteiger partial charge is 0.269 e. The quantitative estimate of drug-likeness (QED) is 0.853. The summed E-state index contributed by atoms with van der Waals surface area (Å²) in [4.78, 5) is 18.2. The molecule has 0 aromatic carbocycles. The Hall–Kier alpha value is -1.62. The fourth-order valence-corrected chi connectivity index (χ4v) is 2.37. The van der Waals surface area contributed by atoms with Gasteiger partial charge in [-0.2, -0.15) is 0 Å². The van der Waals surface area contributed by atoms with Crippen LogP contribution in [0.25, 0.3) is 0 Å². The molecular formula is C14H22N4O. The summed E-state index contributed by atoms with van der Waals surface area (Å²) in [6.45, 7) is 3.05. The third-order valence-corrected chi connectivity index (χ3v) is 3.70. The lowest BCUT2D eigenvalue weighted by molar-refractivity contribution is 0.0944. The van der Waals surface area contributed by atoms with Crippen molar-refractivity contribution in [1.29, 1.82) is 0 Å². The predicted molar refractivity (Wildman–Crippen MR) is 75.8 cm³/mol. The summed E-state index contributed by atoms with van der Waals surface area (Å²) in [5.41, 5.74) is 6.54. The molecule has 0 spiro atoms. The molecule has 0 radical (unpaired) electrons. The first-order valence-electron chi connectivity index (χ1n) is 6.83. The molecule has 1 aromatic heterocycles. The molecule has 0 bridgehead atoms. The van der Waals surface area contributed by atoms with E-state index in [-0.39, 0.29) is 5.91 Å². The standard InChI is InChI=1S/C14H22N4O/c1-18-8-5-11(6-9-18)4-7-16-14(19)13-3-2-12(15)10-17-13/h2-3,10-11H,4-9,15H2,1H3,(H,16,19). The van der Waals surface area contributed by atoms with Gasteiger partial charge in [0.1, 0.15) is 5.69 Å². The van der Waals surface area contributed by atoms with Crippen molar-refractivity contribution >= 4 is 11.6 Å². The highest BCUT2D eigenvalue weighted by Gasteiger charge is 2.16. The van der Waals surface area contributed by atoms with Crippen molar-refractivity contribution in [2.24, 2.45) is 5.92 Å². The van der Waals surface area contributed by atoms with E-state index in [1.54, 1.807) is 12.1 Å². The lowest BCUT2D eigenvalue weighted by Crippen LogP contribution is -2.32. The lowest BCUT2D eigenvalue weighted by Gasteiger charge is -2.28. The Bertz CT molecular complexity index is 410. The van der Waals surface area contributed by atoms with Gasteiger partial charge >= 0.3 is 0 Å². The van der Waals surface area contributed by atoms with Crippen LogP contribution in [-0.4, -0.2) is 42.5 Å². The molecule has 1 saturated heterocycles. The molecule has 0 atom stereocenters. The number of rotatable bonds is 4. The summed E-state index contributed by atoms with van der Waals surface area (Å²) in [5.74, 6) is 0.615. The largest absolute Gasteiger partial charge is 0.397 e. The van der Waals surface area contributed by atoms with E-state index in [9.17, 15) is 4.79 Å². The van der Waals surface area contributed by atoms with Gasteiger partial charge in [-0.15, -0.1) is 0 Å². The van der Waals surface area contributed by atoms with Crippen LogP contribution in [0.15, 0.2) is 18.3 Å². The molecule has 1 aromatic rings. The number of anilines is 1. The van der Waals surface area contributed by atoms with E-state index in [0.717, 1.165) is 32.0 Å². The first-order valence-corrected chi connectivity index (χ1v) is 6.83. The molecule has 1 aliphatic rings. The van der Waals surface area contributed by atoms with E-state index >= 15 is 0 Å². The maximum Gasteiger partial charge on any atom is 0.269 e. The van der Waals surface area contributed by atoms with Gasteiger partial charge in [0.2, 0.25) is 0 Å².